The lowest BCUT2D eigenvalue weighted by Crippen LogP contribution is -2.16. The number of hydrogen-bond acceptors (Lipinski definition) is 3. The van der Waals surface area contributed by atoms with Crippen molar-refractivity contribution < 1.29 is 4.79 Å². The van der Waals surface area contributed by atoms with Gasteiger partial charge in [0.25, 0.3) is 0 Å². The Kier molecular flexibility index (Phi) is 4.94. The number of anilines is 2. The number of hydrogen-bond donors (Lipinski definition) is 2. The molecule has 0 saturated heterocycles. The van der Waals surface area contributed by atoms with Gasteiger partial charge in [0.2, 0.25) is 5.91 Å². The smallest absolute Gasteiger partial charge is 0.226 e. The Balaban J connectivity index is 1.78. The normalized spacial score (nSPS) is 9.71. The molecule has 0 aliphatic heterocycles. The third-order valence-electron chi connectivity index (χ3n) is 3.00. The van der Waals surface area contributed by atoms with Gasteiger partial charge in [-0.3, -0.25) is 4.79 Å². The second kappa shape index (κ2) is 7.11. The Bertz CT molecular complexity index is 656. The fraction of sp³-hybridized carbons (Fsp3) is 0.176. The van der Waals surface area contributed by atoms with E-state index in [1.807, 2.05) is 37.3 Å². The molecule has 0 aliphatic carbocycles. The number of nitrogens with zero attached hydrogens (tertiary/aromatic N) is 1. The summed E-state index contributed by atoms with van der Waals surface area (Å²) in [5, 5.41) is 14.7. The summed E-state index contributed by atoms with van der Waals surface area (Å²) in [6, 6.07) is 16.9. The minimum Gasteiger partial charge on any atom is -0.385 e. The molecule has 2 aromatic carbocycles. The molecule has 0 aromatic heterocycles. The molecule has 0 aliphatic rings. The van der Waals surface area contributed by atoms with Crippen LogP contribution in [0.1, 0.15) is 17.5 Å². The first-order chi connectivity index (χ1) is 10.2. The molecule has 2 aromatic rings. The highest BCUT2D eigenvalue weighted by Gasteiger charge is 2.02. The highest BCUT2D eigenvalue weighted by molar-refractivity contribution is 5.91. The van der Waals surface area contributed by atoms with E-state index < -0.39 is 0 Å². The number of benzene rings is 2. The molecule has 4 heteroatoms. The van der Waals surface area contributed by atoms with Crippen LogP contribution < -0.4 is 10.6 Å². The molecule has 0 spiro atoms. The summed E-state index contributed by atoms with van der Waals surface area (Å²) in [5.41, 5.74) is 3.48. The topological polar surface area (TPSA) is 64.9 Å². The van der Waals surface area contributed by atoms with Gasteiger partial charge in [-0.2, -0.15) is 5.26 Å². The molecule has 21 heavy (non-hydrogen) atoms. The predicted octanol–water partition coefficient (Wildman–Crippen LogP) is 3.31. The van der Waals surface area contributed by atoms with Gasteiger partial charge in [0.15, 0.2) is 0 Å². The first-order valence-electron chi connectivity index (χ1n) is 6.78. The zero-order valence-electron chi connectivity index (χ0n) is 11.9. The van der Waals surface area contributed by atoms with Crippen molar-refractivity contribution in [1.82, 2.24) is 0 Å². The van der Waals surface area contributed by atoms with Crippen molar-refractivity contribution in [2.24, 2.45) is 0 Å². The van der Waals surface area contributed by atoms with Gasteiger partial charge in [0.1, 0.15) is 0 Å². The third-order valence-corrected chi connectivity index (χ3v) is 3.00. The molecule has 0 atom stereocenters. The summed E-state index contributed by atoms with van der Waals surface area (Å²) in [6.07, 6.45) is 0.383. The van der Waals surface area contributed by atoms with Gasteiger partial charge in [0.05, 0.1) is 11.6 Å². The lowest BCUT2D eigenvalue weighted by Gasteiger charge is -2.08. The highest BCUT2D eigenvalue weighted by atomic mass is 16.1. The first kappa shape index (κ1) is 14.6. The number of carbonyl (C=O) groups is 1. The number of nitrogens with one attached hydrogen (secondary N) is 2. The quantitative estimate of drug-likeness (QED) is 0.882. The number of amides is 1. The standard InChI is InChI=1S/C17H17N3O/c1-13-3-2-4-16(11-13)19-10-9-17(21)20-15-7-5-14(12-18)6-8-15/h2-8,11,19H,9-10H2,1H3,(H,20,21). The molecular weight excluding hydrogens is 262 g/mol. The molecule has 0 fully saturated rings. The van der Waals surface area contributed by atoms with Crippen molar-refractivity contribution in [2.75, 3.05) is 17.2 Å². The van der Waals surface area contributed by atoms with Crippen LogP contribution in [-0.2, 0) is 4.79 Å². The predicted molar refractivity (Wildman–Crippen MR) is 84.1 cm³/mol. The minimum absolute atomic E-state index is 0.0557. The van der Waals surface area contributed by atoms with Gasteiger partial charge in [-0.25, -0.2) is 0 Å². The van der Waals surface area contributed by atoms with Crippen LogP contribution in [0.4, 0.5) is 11.4 Å². The van der Waals surface area contributed by atoms with Crippen molar-refractivity contribution in [3.05, 3.63) is 59.7 Å². The second-order valence-corrected chi connectivity index (χ2v) is 4.78. The molecule has 2 rings (SSSR count). The second-order valence-electron chi connectivity index (χ2n) is 4.78. The summed E-state index contributed by atoms with van der Waals surface area (Å²) in [5.74, 6) is -0.0557. The molecule has 0 saturated carbocycles. The maximum atomic E-state index is 11.8. The van der Waals surface area contributed by atoms with E-state index in [4.69, 9.17) is 5.26 Å². The zero-order valence-corrected chi connectivity index (χ0v) is 11.9. The van der Waals surface area contributed by atoms with E-state index in [0.29, 0.717) is 24.2 Å². The Morgan fingerprint density at radius 3 is 2.57 bits per heavy atom. The molecule has 0 heterocycles. The molecule has 0 unspecified atom stereocenters. The van der Waals surface area contributed by atoms with Gasteiger partial charge in [0, 0.05) is 24.3 Å². The van der Waals surface area contributed by atoms with Crippen molar-refractivity contribution in [3.63, 3.8) is 0 Å². The molecular formula is C17H17N3O. The molecule has 106 valence electrons. The van der Waals surface area contributed by atoms with Gasteiger partial charge < -0.3 is 10.6 Å². The van der Waals surface area contributed by atoms with Crippen molar-refractivity contribution in [1.29, 1.82) is 5.26 Å². The highest BCUT2D eigenvalue weighted by Crippen LogP contribution is 2.11. The minimum atomic E-state index is -0.0557. The lowest BCUT2D eigenvalue weighted by atomic mass is 10.2. The number of carbonyl (C=O) groups excluding carboxylic acids is 1. The van der Waals surface area contributed by atoms with Crippen molar-refractivity contribution >= 4 is 17.3 Å². The molecule has 1 amide bonds. The summed E-state index contributed by atoms with van der Waals surface area (Å²) < 4.78 is 0. The molecule has 4 nitrogen and oxygen atoms in total. The maximum absolute atomic E-state index is 11.8. The number of nitriles is 1. The maximum Gasteiger partial charge on any atom is 0.226 e. The van der Waals surface area contributed by atoms with Crippen LogP contribution in [-0.4, -0.2) is 12.5 Å². The van der Waals surface area contributed by atoms with E-state index in [1.165, 1.54) is 5.56 Å². The lowest BCUT2D eigenvalue weighted by molar-refractivity contribution is -0.115. The van der Waals surface area contributed by atoms with Crippen LogP contribution in [0, 0.1) is 18.3 Å². The average Bonchev–Trinajstić information content (AvgIpc) is 2.48. The fourth-order valence-corrected chi connectivity index (χ4v) is 1.93. The summed E-state index contributed by atoms with van der Waals surface area (Å²) >= 11 is 0. The summed E-state index contributed by atoms with van der Waals surface area (Å²) in [6.45, 7) is 2.61. The van der Waals surface area contributed by atoms with Crippen LogP contribution in [0.3, 0.4) is 0 Å². The van der Waals surface area contributed by atoms with E-state index in [9.17, 15) is 4.79 Å². The van der Waals surface area contributed by atoms with Crippen LogP contribution >= 0.6 is 0 Å². The fourth-order valence-electron chi connectivity index (χ4n) is 1.93. The summed E-state index contributed by atoms with van der Waals surface area (Å²) in [4.78, 5) is 11.8. The largest absolute Gasteiger partial charge is 0.385 e. The van der Waals surface area contributed by atoms with Gasteiger partial charge in [-0.15, -0.1) is 0 Å². The average molecular weight is 279 g/mol. The monoisotopic (exact) mass is 279 g/mol. The van der Waals surface area contributed by atoms with E-state index >= 15 is 0 Å². The van der Waals surface area contributed by atoms with Gasteiger partial charge in [-0.05, 0) is 48.9 Å². The summed E-state index contributed by atoms with van der Waals surface area (Å²) in [7, 11) is 0. The van der Waals surface area contributed by atoms with E-state index in [1.54, 1.807) is 24.3 Å². The van der Waals surface area contributed by atoms with Crippen LogP contribution in [0.25, 0.3) is 0 Å². The van der Waals surface area contributed by atoms with Crippen LogP contribution in [0.5, 0.6) is 0 Å². The zero-order chi connectivity index (χ0) is 15.1. The van der Waals surface area contributed by atoms with E-state index in [2.05, 4.69) is 10.6 Å². The Morgan fingerprint density at radius 2 is 1.90 bits per heavy atom. The third kappa shape index (κ3) is 4.66. The Labute approximate surface area is 124 Å². The van der Waals surface area contributed by atoms with Crippen LogP contribution in [0.2, 0.25) is 0 Å². The van der Waals surface area contributed by atoms with Crippen molar-refractivity contribution in [3.8, 4) is 6.07 Å². The number of rotatable bonds is 5. The molecule has 0 radical (unpaired) electrons. The van der Waals surface area contributed by atoms with E-state index in [-0.39, 0.29) is 5.91 Å². The Morgan fingerprint density at radius 1 is 1.14 bits per heavy atom. The first-order valence-corrected chi connectivity index (χ1v) is 6.78. The molecule has 2 N–H and O–H groups in total. The Hall–Kier alpha value is -2.80. The van der Waals surface area contributed by atoms with Gasteiger partial charge in [-0.1, -0.05) is 12.1 Å². The molecule has 0 bridgehead atoms. The SMILES string of the molecule is Cc1cccc(NCCC(=O)Nc2ccc(C#N)cc2)c1. The number of aryl methyl sites for hydroxylation is 1. The van der Waals surface area contributed by atoms with Gasteiger partial charge >= 0.3 is 0 Å². The van der Waals surface area contributed by atoms with E-state index in [0.717, 1.165) is 5.69 Å². The van der Waals surface area contributed by atoms with Crippen LogP contribution in [0.15, 0.2) is 48.5 Å². The van der Waals surface area contributed by atoms with Crippen molar-refractivity contribution in [2.45, 2.75) is 13.3 Å².